The summed E-state index contributed by atoms with van der Waals surface area (Å²) >= 11 is 0. The summed E-state index contributed by atoms with van der Waals surface area (Å²) in [5.74, 6) is 0. The number of hydrogen-bond donors (Lipinski definition) is 0. The average Bonchev–Trinajstić information content (AvgIpc) is 1.90. The molecule has 0 atom stereocenters. The molecule has 0 aliphatic rings. The first-order chi connectivity index (χ1) is 3.93. The summed E-state index contributed by atoms with van der Waals surface area (Å²) in [5.41, 5.74) is 0.688. The molecule has 0 saturated heterocycles. The van der Waals surface area contributed by atoms with Crippen LogP contribution >= 0.6 is 0 Å². The summed E-state index contributed by atoms with van der Waals surface area (Å²) in [4.78, 5) is 3.42. The van der Waals surface area contributed by atoms with Gasteiger partial charge in [-0.2, -0.15) is 24.9 Å². The van der Waals surface area contributed by atoms with Gasteiger partial charge in [0, 0.05) is 0 Å². The van der Waals surface area contributed by atoms with E-state index in [2.05, 4.69) is 11.1 Å². The van der Waals surface area contributed by atoms with Gasteiger partial charge in [0.2, 0.25) is 0 Å². The van der Waals surface area contributed by atoms with Crippen LogP contribution in [0.2, 0.25) is 0 Å². The molecule has 0 aromatic heterocycles. The normalized spacial score (nSPS) is 7.56. The van der Waals surface area contributed by atoms with Crippen molar-refractivity contribution in [2.24, 2.45) is 4.99 Å². The van der Waals surface area contributed by atoms with Crippen LogP contribution in [0.3, 0.4) is 0 Å². The molecular weight excluding hydrogens is 157 g/mol. The van der Waals surface area contributed by atoms with E-state index in [9.17, 15) is 0 Å². The van der Waals surface area contributed by atoms with Crippen LogP contribution in [0.15, 0.2) is 29.3 Å². The molecule has 1 radical (unpaired) electrons. The third-order valence-corrected chi connectivity index (χ3v) is 0.832. The van der Waals surface area contributed by atoms with Crippen molar-refractivity contribution in [3.8, 4) is 0 Å². The van der Waals surface area contributed by atoms with Crippen molar-refractivity contribution in [1.82, 2.24) is 0 Å². The molecule has 0 N–H and O–H groups in total. The Morgan fingerprint density at radius 3 is 2.56 bits per heavy atom. The molecule has 0 heterocycles. The van der Waals surface area contributed by atoms with E-state index in [4.69, 9.17) is 6.72 Å². The minimum Gasteiger partial charge on any atom is -0.485 e. The van der Waals surface area contributed by atoms with E-state index in [0.717, 1.165) is 0 Å². The average molecular weight is 162 g/mol. The van der Waals surface area contributed by atoms with Crippen LogP contribution in [0.4, 0.5) is 5.69 Å². The fourth-order valence-corrected chi connectivity index (χ4v) is 0.464. The maximum atomic E-state index is 4.94. The molecular formula is C7H5CoN. The van der Waals surface area contributed by atoms with Gasteiger partial charge < -0.3 is 4.99 Å². The van der Waals surface area contributed by atoms with Gasteiger partial charge in [-0.15, -0.1) is 0 Å². The van der Waals surface area contributed by atoms with Crippen LogP contribution in [0.25, 0.3) is 0 Å². The Bertz CT molecular complexity index is 172. The Morgan fingerprint density at radius 2 is 2.22 bits per heavy atom. The van der Waals surface area contributed by atoms with Crippen molar-refractivity contribution >= 4 is 12.4 Å². The summed E-state index contributed by atoms with van der Waals surface area (Å²) in [5, 5.41) is 0. The van der Waals surface area contributed by atoms with Gasteiger partial charge in [-0.05, 0) is 0 Å². The van der Waals surface area contributed by atoms with Gasteiger partial charge in [0.15, 0.2) is 0 Å². The molecule has 0 amide bonds. The zero-order valence-corrected chi connectivity index (χ0v) is 5.71. The molecule has 1 aromatic rings. The Kier molecular flexibility index (Phi) is 4.00. The van der Waals surface area contributed by atoms with Crippen LogP contribution in [0.5, 0.6) is 0 Å². The summed E-state index contributed by atoms with van der Waals surface area (Å²) in [6.45, 7) is 4.94. The molecule has 0 aliphatic heterocycles. The van der Waals surface area contributed by atoms with E-state index in [1.54, 1.807) is 12.1 Å². The molecule has 0 aliphatic carbocycles. The Balaban J connectivity index is 0.000000640. The van der Waals surface area contributed by atoms with E-state index >= 15 is 0 Å². The SMILES string of the molecule is [CH-]=Nc1[c-]cccc1.[Co+2]. The van der Waals surface area contributed by atoms with Crippen molar-refractivity contribution in [2.45, 2.75) is 0 Å². The van der Waals surface area contributed by atoms with E-state index in [-0.39, 0.29) is 16.8 Å². The van der Waals surface area contributed by atoms with Gasteiger partial charge in [0.05, 0.1) is 0 Å². The molecule has 0 fully saturated rings. The second-order valence-electron chi connectivity index (χ2n) is 1.38. The molecule has 9 heavy (non-hydrogen) atoms. The van der Waals surface area contributed by atoms with Crippen molar-refractivity contribution in [1.29, 1.82) is 0 Å². The first-order valence-electron chi connectivity index (χ1n) is 2.31. The number of hydrogen-bond acceptors (Lipinski definition) is 1. The Labute approximate surface area is 65.0 Å². The van der Waals surface area contributed by atoms with Crippen LogP contribution < -0.4 is 0 Å². The van der Waals surface area contributed by atoms with Gasteiger partial charge in [0.25, 0.3) is 0 Å². The minimum absolute atomic E-state index is 0. The van der Waals surface area contributed by atoms with Gasteiger partial charge >= 0.3 is 16.8 Å². The largest absolute Gasteiger partial charge is 2.00 e. The van der Waals surface area contributed by atoms with Crippen LogP contribution in [0, 0.1) is 6.07 Å². The summed E-state index contributed by atoms with van der Waals surface area (Å²) < 4.78 is 0. The minimum atomic E-state index is 0. The molecule has 1 rings (SSSR count). The smallest absolute Gasteiger partial charge is 0.485 e. The molecule has 1 aromatic carbocycles. The van der Waals surface area contributed by atoms with Crippen molar-refractivity contribution < 1.29 is 16.8 Å². The van der Waals surface area contributed by atoms with Crippen molar-refractivity contribution in [2.75, 3.05) is 0 Å². The van der Waals surface area contributed by atoms with Crippen LogP contribution in [-0.4, -0.2) is 6.72 Å². The Hall–Kier alpha value is -0.604. The first-order valence-corrected chi connectivity index (χ1v) is 2.31. The Morgan fingerprint density at radius 1 is 1.44 bits per heavy atom. The number of para-hydroxylation sites is 1. The van der Waals surface area contributed by atoms with E-state index in [1.807, 2.05) is 12.1 Å². The second-order valence-corrected chi connectivity index (χ2v) is 1.38. The molecule has 0 bridgehead atoms. The molecule has 2 heteroatoms. The van der Waals surface area contributed by atoms with Gasteiger partial charge in [0.1, 0.15) is 0 Å². The fourth-order valence-electron chi connectivity index (χ4n) is 0.464. The van der Waals surface area contributed by atoms with Crippen molar-refractivity contribution in [3.63, 3.8) is 0 Å². The summed E-state index contributed by atoms with van der Waals surface area (Å²) in [7, 11) is 0. The topological polar surface area (TPSA) is 12.4 Å². The van der Waals surface area contributed by atoms with Gasteiger partial charge in [-0.1, -0.05) is 0 Å². The van der Waals surface area contributed by atoms with Crippen molar-refractivity contribution in [3.05, 3.63) is 30.3 Å². The van der Waals surface area contributed by atoms with E-state index < -0.39 is 0 Å². The van der Waals surface area contributed by atoms with Crippen LogP contribution in [-0.2, 0) is 16.8 Å². The predicted molar refractivity (Wildman–Crippen MR) is 33.4 cm³/mol. The first kappa shape index (κ1) is 8.40. The van der Waals surface area contributed by atoms with E-state index in [0.29, 0.717) is 5.69 Å². The third-order valence-electron chi connectivity index (χ3n) is 0.832. The number of benzene rings is 1. The van der Waals surface area contributed by atoms with Gasteiger partial charge in [-0.3, -0.25) is 6.07 Å². The third kappa shape index (κ3) is 2.44. The molecule has 0 spiro atoms. The maximum absolute atomic E-state index is 4.94. The summed E-state index contributed by atoms with van der Waals surface area (Å²) in [6.07, 6.45) is 0. The number of aliphatic imine (C=N–C) groups is 1. The molecule has 47 valence electrons. The zero-order chi connectivity index (χ0) is 5.82. The van der Waals surface area contributed by atoms with Gasteiger partial charge in [-0.25, -0.2) is 11.8 Å². The standard InChI is InChI=1S/C7H5N.Co/c1-8-7-5-3-2-4-6-7;/h1-5H;/q-2;+2. The quantitative estimate of drug-likeness (QED) is 0.440. The second kappa shape index (κ2) is 4.29. The fraction of sp³-hybridized carbons (Fsp3) is 0. The summed E-state index contributed by atoms with van der Waals surface area (Å²) in [6, 6.07) is 10.1. The zero-order valence-electron chi connectivity index (χ0n) is 4.67. The predicted octanol–water partition coefficient (Wildman–Crippen LogP) is 1.69. The van der Waals surface area contributed by atoms with E-state index in [1.165, 1.54) is 0 Å². The molecule has 0 saturated carbocycles. The monoisotopic (exact) mass is 162 g/mol. The van der Waals surface area contributed by atoms with Crippen LogP contribution in [0.1, 0.15) is 0 Å². The maximum Gasteiger partial charge on any atom is 2.00 e. The molecule has 1 nitrogen and oxygen atoms in total. The number of rotatable bonds is 1. The molecule has 0 unspecified atom stereocenters. The number of nitrogens with zero attached hydrogens (tertiary/aromatic N) is 1.